The van der Waals surface area contributed by atoms with Crippen molar-refractivity contribution in [2.24, 2.45) is 5.16 Å². The smallest absolute Gasteiger partial charge is 0.325 e. The van der Waals surface area contributed by atoms with Crippen LogP contribution in [0, 0.1) is 5.41 Å². The number of halogens is 2. The van der Waals surface area contributed by atoms with Crippen LogP contribution in [-0.4, -0.2) is 85.0 Å². The lowest BCUT2D eigenvalue weighted by molar-refractivity contribution is -0.146. The van der Waals surface area contributed by atoms with Crippen molar-refractivity contribution in [3.05, 3.63) is 99.6 Å². The van der Waals surface area contributed by atoms with Gasteiger partial charge in [-0.15, -0.1) is 0 Å². The number of nitrogens with zero attached hydrogens (tertiary/aromatic N) is 1. The molecule has 14 heteroatoms. The summed E-state index contributed by atoms with van der Waals surface area (Å²) in [7, 11) is 0. The Bertz CT molecular complexity index is 1750. The molecule has 3 aromatic carbocycles. The molecule has 12 nitrogen and oxygen atoms in total. The molecule has 51 heavy (non-hydrogen) atoms. The Balaban J connectivity index is 1.51. The van der Waals surface area contributed by atoms with Crippen LogP contribution in [0.5, 0.6) is 17.2 Å². The summed E-state index contributed by atoms with van der Waals surface area (Å²) in [5, 5.41) is 45.7. The predicted octanol–water partition coefficient (Wildman–Crippen LogP) is 5.33. The zero-order chi connectivity index (χ0) is 36.6. The number of carbonyl (C=O) groups is 1. The molecule has 0 bridgehead atoms. The second-order valence-corrected chi connectivity index (χ2v) is 12.1. The molecule has 0 saturated carbocycles. The highest BCUT2D eigenvalue weighted by Gasteiger charge is 2.21. The zero-order valence-corrected chi connectivity index (χ0v) is 29.7. The van der Waals surface area contributed by atoms with Crippen LogP contribution in [0.1, 0.15) is 24.5 Å². The van der Waals surface area contributed by atoms with E-state index in [4.69, 9.17) is 57.9 Å². The maximum atomic E-state index is 12.3. The molecule has 3 aromatic rings. The van der Waals surface area contributed by atoms with E-state index in [1.807, 2.05) is 42.5 Å². The SMILES string of the molecule is CCOC(=O)[C@@H](CO)NCc1cc(Cl)c(OCc2cccc(-c3cccc(OCCCNCCO)c3)c2Cl)cc1OCC1=CC(=N)/C(=N\O)C=C1. The van der Waals surface area contributed by atoms with Crippen molar-refractivity contribution in [2.75, 3.05) is 46.1 Å². The molecule has 0 radical (unpaired) electrons. The number of ether oxygens (including phenoxy) is 4. The average molecular weight is 742 g/mol. The summed E-state index contributed by atoms with van der Waals surface area (Å²) in [6.07, 6.45) is 5.50. The minimum Gasteiger partial charge on any atom is -0.494 e. The van der Waals surface area contributed by atoms with Crippen molar-refractivity contribution in [3.63, 3.8) is 0 Å². The van der Waals surface area contributed by atoms with Gasteiger partial charge in [-0.1, -0.05) is 64.8 Å². The number of rotatable bonds is 20. The number of carbonyl (C=O) groups excluding carboxylic acids is 1. The van der Waals surface area contributed by atoms with E-state index in [-0.39, 0.29) is 49.4 Å². The van der Waals surface area contributed by atoms with Gasteiger partial charge in [-0.25, -0.2) is 0 Å². The summed E-state index contributed by atoms with van der Waals surface area (Å²) < 4.78 is 23.3. The Kier molecular flexibility index (Phi) is 15.8. The average Bonchev–Trinajstić information content (AvgIpc) is 3.13. The molecule has 0 spiro atoms. The van der Waals surface area contributed by atoms with Crippen molar-refractivity contribution in [1.29, 1.82) is 5.41 Å². The summed E-state index contributed by atoms with van der Waals surface area (Å²) in [5.74, 6) is 0.824. The Morgan fingerprint density at radius 3 is 2.51 bits per heavy atom. The molecule has 0 saturated heterocycles. The molecule has 0 unspecified atom stereocenters. The highest BCUT2D eigenvalue weighted by atomic mass is 35.5. The van der Waals surface area contributed by atoms with E-state index in [0.29, 0.717) is 46.6 Å². The molecular weight excluding hydrogens is 699 g/mol. The van der Waals surface area contributed by atoms with Crippen molar-refractivity contribution < 1.29 is 39.2 Å². The van der Waals surface area contributed by atoms with Gasteiger partial charge in [0, 0.05) is 35.8 Å². The Labute approximate surface area is 306 Å². The van der Waals surface area contributed by atoms with Crippen LogP contribution < -0.4 is 24.8 Å². The van der Waals surface area contributed by atoms with Gasteiger partial charge in [0.25, 0.3) is 0 Å². The highest BCUT2D eigenvalue weighted by molar-refractivity contribution is 6.50. The van der Waals surface area contributed by atoms with Crippen molar-refractivity contribution in [2.45, 2.75) is 32.5 Å². The normalized spacial score (nSPS) is 13.9. The standard InChI is InChI=1S/C37H42Cl2N4O8/c1-2-48-37(46)33(21-45)42-20-27-18-30(38)35(19-34(27)50-22-24-10-11-32(43-47)31(40)16-24)51-23-26-7-4-9-29(36(26)39)25-6-3-8-28(17-25)49-15-5-12-41-13-14-44/h3-4,6-11,16-19,33,40-42,44-45,47H,2,5,12-15,20-23H2,1H3/b40-31?,43-32-/t33-/m1/s1. The number of esters is 1. The maximum absolute atomic E-state index is 12.3. The van der Waals surface area contributed by atoms with Gasteiger partial charge in [0.05, 0.1) is 42.2 Å². The summed E-state index contributed by atoms with van der Waals surface area (Å²) in [4.78, 5) is 12.3. The molecular formula is C37H42Cl2N4O8. The van der Waals surface area contributed by atoms with Crippen molar-refractivity contribution in [1.82, 2.24) is 10.6 Å². The van der Waals surface area contributed by atoms with Crippen LogP contribution in [0.25, 0.3) is 11.1 Å². The fourth-order valence-corrected chi connectivity index (χ4v) is 5.52. The Hall–Kier alpha value is -4.43. The first-order chi connectivity index (χ1) is 24.8. The third-order valence-electron chi connectivity index (χ3n) is 7.63. The van der Waals surface area contributed by atoms with E-state index >= 15 is 0 Å². The number of aliphatic hydroxyl groups excluding tert-OH is 2. The molecule has 4 rings (SSSR count). The lowest BCUT2D eigenvalue weighted by Gasteiger charge is -2.19. The van der Waals surface area contributed by atoms with Crippen LogP contribution in [0.3, 0.4) is 0 Å². The predicted molar refractivity (Wildman–Crippen MR) is 197 cm³/mol. The fourth-order valence-electron chi connectivity index (χ4n) is 4.99. The van der Waals surface area contributed by atoms with E-state index < -0.39 is 18.6 Å². The summed E-state index contributed by atoms with van der Waals surface area (Å²) in [6.45, 7) is 3.54. The van der Waals surface area contributed by atoms with Crippen LogP contribution in [-0.2, 0) is 22.7 Å². The second-order valence-electron chi connectivity index (χ2n) is 11.3. The highest BCUT2D eigenvalue weighted by Crippen LogP contribution is 2.36. The topological polar surface area (TPSA) is 175 Å². The molecule has 1 aliphatic rings. The van der Waals surface area contributed by atoms with Crippen molar-refractivity contribution >= 4 is 40.6 Å². The molecule has 272 valence electrons. The van der Waals surface area contributed by atoms with Crippen LogP contribution in [0.4, 0.5) is 0 Å². The quantitative estimate of drug-likeness (QED) is 0.0292. The monoisotopic (exact) mass is 740 g/mol. The Morgan fingerprint density at radius 1 is 0.961 bits per heavy atom. The largest absolute Gasteiger partial charge is 0.494 e. The lowest BCUT2D eigenvalue weighted by atomic mass is 10.0. The van der Waals surface area contributed by atoms with Gasteiger partial charge in [-0.2, -0.15) is 0 Å². The van der Waals surface area contributed by atoms with Gasteiger partial charge in [0.15, 0.2) is 0 Å². The number of aliphatic hydroxyl groups is 2. The minimum absolute atomic E-state index is 0.0297. The van der Waals surface area contributed by atoms with Gasteiger partial charge in [0.2, 0.25) is 0 Å². The molecule has 0 fully saturated rings. The molecule has 0 aliphatic heterocycles. The van der Waals surface area contributed by atoms with Gasteiger partial charge >= 0.3 is 5.97 Å². The third kappa shape index (κ3) is 11.5. The maximum Gasteiger partial charge on any atom is 0.325 e. The van der Waals surface area contributed by atoms with E-state index in [1.165, 1.54) is 12.2 Å². The first-order valence-corrected chi connectivity index (χ1v) is 17.1. The number of benzene rings is 3. The molecule has 1 atom stereocenters. The van der Waals surface area contributed by atoms with E-state index in [1.54, 1.807) is 25.1 Å². The van der Waals surface area contributed by atoms with Gasteiger partial charge in [-0.3, -0.25) is 15.5 Å². The number of nitrogens with one attached hydrogen (secondary N) is 3. The van der Waals surface area contributed by atoms with Crippen molar-refractivity contribution in [3.8, 4) is 28.4 Å². The summed E-state index contributed by atoms with van der Waals surface area (Å²) >= 11 is 13.6. The van der Waals surface area contributed by atoms with Crippen LogP contribution in [0.2, 0.25) is 10.0 Å². The number of hydrogen-bond donors (Lipinski definition) is 6. The summed E-state index contributed by atoms with van der Waals surface area (Å²) in [5.41, 5.74) is 3.78. The van der Waals surface area contributed by atoms with Gasteiger partial charge in [-0.05, 0) is 61.4 Å². The van der Waals surface area contributed by atoms with Gasteiger partial charge in [0.1, 0.15) is 42.2 Å². The van der Waals surface area contributed by atoms with Crippen LogP contribution in [0.15, 0.2) is 83.6 Å². The molecule has 0 amide bonds. The molecule has 6 N–H and O–H groups in total. The first-order valence-electron chi connectivity index (χ1n) is 16.4. The first kappa shape index (κ1) is 39.4. The van der Waals surface area contributed by atoms with Gasteiger partial charge < -0.3 is 39.7 Å². The number of oxime groups is 1. The second kappa shape index (κ2) is 20.4. The van der Waals surface area contributed by atoms with E-state index in [9.17, 15) is 9.90 Å². The summed E-state index contributed by atoms with van der Waals surface area (Å²) in [6, 6.07) is 15.7. The lowest BCUT2D eigenvalue weighted by Crippen LogP contribution is -2.40. The number of hydrogen-bond acceptors (Lipinski definition) is 12. The van der Waals surface area contributed by atoms with E-state index in [0.717, 1.165) is 29.7 Å². The molecule has 0 aromatic heterocycles. The third-order valence-corrected chi connectivity index (χ3v) is 8.37. The molecule has 1 aliphatic carbocycles. The van der Waals surface area contributed by atoms with E-state index in [2.05, 4.69) is 15.8 Å². The molecule has 0 heterocycles. The minimum atomic E-state index is -0.963. The zero-order valence-electron chi connectivity index (χ0n) is 28.2. The van der Waals surface area contributed by atoms with Crippen LogP contribution >= 0.6 is 23.2 Å². The Morgan fingerprint density at radius 2 is 1.76 bits per heavy atom. The number of allylic oxidation sites excluding steroid dienone is 2. The fraction of sp³-hybridized carbons (Fsp3) is 0.324.